The van der Waals surface area contributed by atoms with Crippen LogP contribution in [-0.2, 0) is 0 Å². The smallest absolute Gasteiger partial charge is 0.119 e. The van der Waals surface area contributed by atoms with Crippen LogP contribution in [0.5, 0.6) is 11.5 Å². The molecule has 1 aromatic carbocycles. The van der Waals surface area contributed by atoms with Gasteiger partial charge in [0.2, 0.25) is 0 Å². The second-order valence-corrected chi connectivity index (χ2v) is 4.71. The minimum absolute atomic E-state index is 0.283. The molecule has 1 N–H and O–H groups in total. The second kappa shape index (κ2) is 7.99. The lowest BCUT2D eigenvalue weighted by Gasteiger charge is -2.08. The van der Waals surface area contributed by atoms with Crippen LogP contribution in [0.4, 0.5) is 0 Å². The average molecular weight is 236 g/mol. The Morgan fingerprint density at radius 2 is 1.82 bits per heavy atom. The molecule has 0 unspecified atom stereocenters. The van der Waals surface area contributed by atoms with Crippen molar-refractivity contribution in [2.24, 2.45) is 5.92 Å². The molecule has 0 aliphatic heterocycles. The summed E-state index contributed by atoms with van der Waals surface area (Å²) in [5.74, 6) is 1.98. The maximum atomic E-state index is 9.12. The van der Waals surface area contributed by atoms with Crippen molar-refractivity contribution >= 4 is 0 Å². The molecule has 2 heteroatoms. The third-order valence-corrected chi connectivity index (χ3v) is 3.14. The Bertz CT molecular complexity index is 292. The summed E-state index contributed by atoms with van der Waals surface area (Å²) in [5.41, 5.74) is 0. The third-order valence-electron chi connectivity index (χ3n) is 3.14. The highest BCUT2D eigenvalue weighted by Gasteiger charge is 1.98. The number of phenols is 1. The molecule has 0 heterocycles. The van der Waals surface area contributed by atoms with Crippen LogP contribution in [0.3, 0.4) is 0 Å². The van der Waals surface area contributed by atoms with Crippen molar-refractivity contribution in [3.05, 3.63) is 24.3 Å². The first-order chi connectivity index (χ1) is 8.22. The average Bonchev–Trinajstić information content (AvgIpc) is 2.35. The van der Waals surface area contributed by atoms with Crippen molar-refractivity contribution in [1.29, 1.82) is 0 Å². The van der Waals surface area contributed by atoms with Crippen LogP contribution in [0.15, 0.2) is 24.3 Å². The minimum atomic E-state index is 0.283. The maximum Gasteiger partial charge on any atom is 0.119 e. The lowest BCUT2D eigenvalue weighted by molar-refractivity contribution is 0.302. The van der Waals surface area contributed by atoms with Gasteiger partial charge in [-0.05, 0) is 36.6 Å². The monoisotopic (exact) mass is 236 g/mol. The summed E-state index contributed by atoms with van der Waals surface area (Å²) in [5, 5.41) is 9.12. The largest absolute Gasteiger partial charge is 0.508 e. The van der Waals surface area contributed by atoms with Gasteiger partial charge in [0.05, 0.1) is 6.61 Å². The summed E-state index contributed by atoms with van der Waals surface area (Å²) < 4.78 is 5.58. The normalized spacial score (nSPS) is 12.4. The Kier molecular flexibility index (Phi) is 6.53. The van der Waals surface area contributed by atoms with Crippen molar-refractivity contribution in [3.63, 3.8) is 0 Å². The zero-order chi connectivity index (χ0) is 12.5. The molecule has 0 aliphatic rings. The topological polar surface area (TPSA) is 29.5 Å². The van der Waals surface area contributed by atoms with E-state index in [9.17, 15) is 0 Å². The molecule has 0 amide bonds. The Morgan fingerprint density at radius 1 is 1.12 bits per heavy atom. The van der Waals surface area contributed by atoms with Crippen molar-refractivity contribution in [3.8, 4) is 11.5 Å². The van der Waals surface area contributed by atoms with E-state index >= 15 is 0 Å². The molecule has 0 aliphatic carbocycles. The standard InChI is InChI=1S/C15H24O2/c1-3-13(2)7-5-4-6-12-17-15-10-8-14(16)9-11-15/h8-11,13,16H,3-7,12H2,1-2H3/t13-/m0/s1. The summed E-state index contributed by atoms with van der Waals surface area (Å²) in [6, 6.07) is 6.90. The van der Waals surface area contributed by atoms with E-state index in [-0.39, 0.29) is 5.75 Å². The maximum absolute atomic E-state index is 9.12. The molecule has 1 atom stereocenters. The van der Waals surface area contributed by atoms with Gasteiger partial charge >= 0.3 is 0 Å². The summed E-state index contributed by atoms with van der Waals surface area (Å²) in [6.45, 7) is 5.33. The Balaban J connectivity index is 2.02. The van der Waals surface area contributed by atoms with E-state index in [2.05, 4.69) is 13.8 Å². The molecule has 2 nitrogen and oxygen atoms in total. The van der Waals surface area contributed by atoms with Crippen LogP contribution in [0.25, 0.3) is 0 Å². The number of ether oxygens (including phenoxy) is 1. The predicted molar refractivity (Wildman–Crippen MR) is 71.5 cm³/mol. The van der Waals surface area contributed by atoms with Gasteiger partial charge in [-0.3, -0.25) is 0 Å². The zero-order valence-corrected chi connectivity index (χ0v) is 11.0. The Labute approximate surface area is 105 Å². The van der Waals surface area contributed by atoms with E-state index in [0.717, 1.165) is 24.7 Å². The van der Waals surface area contributed by atoms with Crippen LogP contribution in [0.2, 0.25) is 0 Å². The van der Waals surface area contributed by atoms with E-state index in [4.69, 9.17) is 9.84 Å². The van der Waals surface area contributed by atoms with Gasteiger partial charge in [0.15, 0.2) is 0 Å². The van der Waals surface area contributed by atoms with Gasteiger partial charge in [-0.15, -0.1) is 0 Å². The van der Waals surface area contributed by atoms with Gasteiger partial charge in [0.1, 0.15) is 11.5 Å². The predicted octanol–water partition coefficient (Wildman–Crippen LogP) is 4.38. The lowest BCUT2D eigenvalue weighted by atomic mass is 10.0. The van der Waals surface area contributed by atoms with Crippen molar-refractivity contribution < 1.29 is 9.84 Å². The van der Waals surface area contributed by atoms with Crippen molar-refractivity contribution in [2.75, 3.05) is 6.61 Å². The number of phenolic OH excluding ortho intramolecular Hbond substituents is 1. The van der Waals surface area contributed by atoms with Crippen molar-refractivity contribution in [1.82, 2.24) is 0 Å². The lowest BCUT2D eigenvalue weighted by Crippen LogP contribution is -1.98. The molecule has 0 bridgehead atoms. The molecule has 17 heavy (non-hydrogen) atoms. The van der Waals surface area contributed by atoms with Gasteiger partial charge in [-0.2, -0.15) is 0 Å². The van der Waals surface area contributed by atoms with Gasteiger partial charge in [0, 0.05) is 0 Å². The van der Waals surface area contributed by atoms with Crippen LogP contribution >= 0.6 is 0 Å². The first-order valence-electron chi connectivity index (χ1n) is 6.64. The second-order valence-electron chi connectivity index (χ2n) is 4.71. The summed E-state index contributed by atoms with van der Waals surface area (Å²) >= 11 is 0. The Hall–Kier alpha value is -1.18. The number of rotatable bonds is 8. The number of unbranched alkanes of at least 4 members (excludes halogenated alkanes) is 2. The number of hydrogen-bond donors (Lipinski definition) is 1. The van der Waals surface area contributed by atoms with Crippen molar-refractivity contribution in [2.45, 2.75) is 46.0 Å². The highest BCUT2D eigenvalue weighted by molar-refractivity contribution is 5.29. The molecule has 1 rings (SSSR count). The molecule has 0 saturated heterocycles. The molecular formula is C15H24O2. The highest BCUT2D eigenvalue weighted by Crippen LogP contribution is 2.17. The molecule has 0 aromatic heterocycles. The SMILES string of the molecule is CC[C@H](C)CCCCCOc1ccc(O)cc1. The number of hydrogen-bond acceptors (Lipinski definition) is 2. The molecule has 0 spiro atoms. The van der Waals surface area contributed by atoms with Crippen LogP contribution in [0, 0.1) is 5.92 Å². The quantitative estimate of drug-likeness (QED) is 0.679. The first-order valence-corrected chi connectivity index (χ1v) is 6.64. The highest BCUT2D eigenvalue weighted by atomic mass is 16.5. The van der Waals surface area contributed by atoms with Crippen LogP contribution in [-0.4, -0.2) is 11.7 Å². The van der Waals surface area contributed by atoms with Gasteiger partial charge in [-0.1, -0.05) is 39.5 Å². The molecule has 0 radical (unpaired) electrons. The van der Waals surface area contributed by atoms with E-state index in [0.29, 0.717) is 0 Å². The van der Waals surface area contributed by atoms with Gasteiger partial charge in [-0.25, -0.2) is 0 Å². The fourth-order valence-corrected chi connectivity index (χ4v) is 1.71. The fourth-order valence-electron chi connectivity index (χ4n) is 1.71. The molecule has 0 fully saturated rings. The molecular weight excluding hydrogens is 212 g/mol. The minimum Gasteiger partial charge on any atom is -0.508 e. The number of benzene rings is 1. The summed E-state index contributed by atoms with van der Waals surface area (Å²) in [6.07, 6.45) is 6.26. The summed E-state index contributed by atoms with van der Waals surface area (Å²) in [7, 11) is 0. The van der Waals surface area contributed by atoms with E-state index in [1.165, 1.54) is 25.7 Å². The van der Waals surface area contributed by atoms with Crippen LogP contribution in [0.1, 0.15) is 46.0 Å². The van der Waals surface area contributed by atoms with E-state index < -0.39 is 0 Å². The fraction of sp³-hybridized carbons (Fsp3) is 0.600. The van der Waals surface area contributed by atoms with Gasteiger partial charge in [0.25, 0.3) is 0 Å². The van der Waals surface area contributed by atoms with Gasteiger partial charge < -0.3 is 9.84 Å². The molecule has 1 aromatic rings. The third kappa shape index (κ3) is 6.20. The number of aromatic hydroxyl groups is 1. The van der Waals surface area contributed by atoms with E-state index in [1.54, 1.807) is 24.3 Å². The zero-order valence-electron chi connectivity index (χ0n) is 11.0. The summed E-state index contributed by atoms with van der Waals surface area (Å²) in [4.78, 5) is 0. The first kappa shape index (κ1) is 13.9. The molecule has 0 saturated carbocycles. The van der Waals surface area contributed by atoms with Crippen LogP contribution < -0.4 is 4.74 Å². The van der Waals surface area contributed by atoms with E-state index in [1.807, 2.05) is 0 Å². The molecule has 96 valence electrons. The Morgan fingerprint density at radius 3 is 2.47 bits per heavy atom.